The average Bonchev–Trinajstić information content (AvgIpc) is 2.86. The Morgan fingerprint density at radius 2 is 1.36 bits per heavy atom. The van der Waals surface area contributed by atoms with Crippen LogP contribution in [0.2, 0.25) is 5.02 Å². The van der Waals surface area contributed by atoms with Gasteiger partial charge in [0.15, 0.2) is 0 Å². The molecule has 0 aliphatic rings. The maximum Gasteiger partial charge on any atom is 0.129 e. The van der Waals surface area contributed by atoms with Crippen LogP contribution in [0.1, 0.15) is 16.7 Å². The number of hydrazone groups is 1. The molecule has 162 valence electrons. The fourth-order valence-corrected chi connectivity index (χ4v) is 4.19. The summed E-state index contributed by atoms with van der Waals surface area (Å²) in [6.45, 7) is 1.03. The number of nitrogens with zero attached hydrogens (tertiary/aromatic N) is 1. The molecule has 0 heterocycles. The van der Waals surface area contributed by atoms with E-state index in [1.165, 1.54) is 10.8 Å². The first-order chi connectivity index (χ1) is 16.3. The van der Waals surface area contributed by atoms with E-state index in [-0.39, 0.29) is 0 Å². The molecule has 0 unspecified atom stereocenters. The number of nitrogens with one attached hydrogen (secondary N) is 1. The number of rotatable bonds is 7. The lowest BCUT2D eigenvalue weighted by molar-refractivity contribution is 0.307. The van der Waals surface area contributed by atoms with Gasteiger partial charge in [-0.25, -0.2) is 0 Å². The third kappa shape index (κ3) is 4.69. The van der Waals surface area contributed by atoms with Crippen molar-refractivity contribution in [2.75, 3.05) is 0 Å². The van der Waals surface area contributed by atoms with Gasteiger partial charge in [-0.2, -0.15) is 5.10 Å². The highest BCUT2D eigenvalue weighted by Crippen LogP contribution is 2.28. The normalized spacial score (nSPS) is 11.3. The summed E-state index contributed by atoms with van der Waals surface area (Å²) < 4.78 is 6.33. The number of hydrogen-bond acceptors (Lipinski definition) is 3. The smallest absolute Gasteiger partial charge is 0.129 e. The van der Waals surface area contributed by atoms with Gasteiger partial charge in [-0.3, -0.25) is 0 Å². The van der Waals surface area contributed by atoms with Gasteiger partial charge in [-0.05, 0) is 44.8 Å². The van der Waals surface area contributed by atoms with Crippen LogP contribution in [0.4, 0.5) is 0 Å². The van der Waals surface area contributed by atoms with Crippen LogP contribution in [0.5, 0.6) is 5.75 Å². The van der Waals surface area contributed by atoms with Crippen molar-refractivity contribution in [2.24, 2.45) is 5.10 Å². The molecule has 0 amide bonds. The predicted octanol–water partition coefficient (Wildman–Crippen LogP) is 7.35. The highest BCUT2D eigenvalue weighted by molar-refractivity contribution is 6.31. The van der Waals surface area contributed by atoms with Crippen LogP contribution in [0.25, 0.3) is 21.5 Å². The molecule has 4 heteroatoms. The van der Waals surface area contributed by atoms with Crippen LogP contribution < -0.4 is 10.2 Å². The van der Waals surface area contributed by atoms with E-state index < -0.39 is 0 Å². The van der Waals surface area contributed by atoms with Crippen molar-refractivity contribution in [3.05, 3.63) is 125 Å². The third-order valence-electron chi connectivity index (χ3n) is 5.71. The van der Waals surface area contributed by atoms with Crippen molar-refractivity contribution in [1.29, 1.82) is 0 Å². The van der Waals surface area contributed by atoms with Crippen molar-refractivity contribution in [1.82, 2.24) is 5.43 Å². The first-order valence-corrected chi connectivity index (χ1v) is 11.3. The number of benzene rings is 5. The Kier molecular flexibility index (Phi) is 6.23. The van der Waals surface area contributed by atoms with Crippen LogP contribution >= 0.6 is 11.6 Å². The molecule has 5 aromatic rings. The molecule has 5 rings (SSSR count). The number of fused-ring (bicyclic) bond motifs is 2. The minimum Gasteiger partial charge on any atom is -0.488 e. The average molecular weight is 451 g/mol. The molecule has 0 saturated carbocycles. The third-order valence-corrected chi connectivity index (χ3v) is 6.07. The minimum atomic E-state index is 0.480. The largest absolute Gasteiger partial charge is 0.488 e. The van der Waals surface area contributed by atoms with E-state index in [0.29, 0.717) is 13.2 Å². The van der Waals surface area contributed by atoms with Gasteiger partial charge in [-0.15, -0.1) is 0 Å². The summed E-state index contributed by atoms with van der Waals surface area (Å²) in [5.74, 6) is 0.796. The zero-order valence-electron chi connectivity index (χ0n) is 18.0. The Morgan fingerprint density at radius 3 is 2.21 bits per heavy atom. The molecule has 0 radical (unpaired) electrons. The van der Waals surface area contributed by atoms with E-state index in [1.807, 2.05) is 48.7 Å². The van der Waals surface area contributed by atoms with Crippen molar-refractivity contribution >= 4 is 39.4 Å². The summed E-state index contributed by atoms with van der Waals surface area (Å²) in [6, 6.07) is 34.8. The molecule has 0 aliphatic heterocycles. The van der Waals surface area contributed by atoms with Crippen LogP contribution in [0.15, 0.2) is 108 Å². The summed E-state index contributed by atoms with van der Waals surface area (Å²) in [4.78, 5) is 0. The fraction of sp³-hybridized carbons (Fsp3) is 0.0690. The SMILES string of the molecule is Clc1ccccc1CN/N=C\c1c(OCc2cccc3ccccc23)ccc2ccccc12. The summed E-state index contributed by atoms with van der Waals surface area (Å²) in [6.07, 6.45) is 1.83. The van der Waals surface area contributed by atoms with Gasteiger partial charge in [0.25, 0.3) is 0 Å². The van der Waals surface area contributed by atoms with E-state index in [2.05, 4.69) is 71.2 Å². The molecule has 0 bridgehead atoms. The van der Waals surface area contributed by atoms with Crippen LogP contribution in [0.3, 0.4) is 0 Å². The lowest BCUT2D eigenvalue weighted by Gasteiger charge is -2.13. The second-order valence-electron chi connectivity index (χ2n) is 7.81. The molecule has 5 aromatic carbocycles. The molecule has 0 fully saturated rings. The lowest BCUT2D eigenvalue weighted by Crippen LogP contribution is -2.07. The highest BCUT2D eigenvalue weighted by atomic mass is 35.5. The zero-order chi connectivity index (χ0) is 22.5. The van der Waals surface area contributed by atoms with Gasteiger partial charge in [0.1, 0.15) is 12.4 Å². The Hall–Kier alpha value is -3.82. The van der Waals surface area contributed by atoms with Gasteiger partial charge in [0, 0.05) is 10.6 Å². The molecule has 3 nitrogen and oxygen atoms in total. The number of hydrogen-bond donors (Lipinski definition) is 1. The van der Waals surface area contributed by atoms with Gasteiger partial charge in [0.05, 0.1) is 12.8 Å². The van der Waals surface area contributed by atoms with E-state index >= 15 is 0 Å². The molecular weight excluding hydrogens is 428 g/mol. The van der Waals surface area contributed by atoms with E-state index in [1.54, 1.807) is 0 Å². The standard InChI is InChI=1S/C29H23ClN2O/c30-28-15-6-3-10-23(28)18-31-32-19-27-26-14-5-2-9-22(26)16-17-29(27)33-20-24-12-7-11-21-8-1-4-13-25(21)24/h1-17,19,31H,18,20H2/b32-19-. The molecule has 1 N–H and O–H groups in total. The van der Waals surface area contributed by atoms with Crippen molar-refractivity contribution in [3.63, 3.8) is 0 Å². The molecule has 33 heavy (non-hydrogen) atoms. The highest BCUT2D eigenvalue weighted by Gasteiger charge is 2.09. The second-order valence-corrected chi connectivity index (χ2v) is 8.22. The second kappa shape index (κ2) is 9.76. The Labute approximate surface area is 198 Å². The predicted molar refractivity (Wildman–Crippen MR) is 138 cm³/mol. The van der Waals surface area contributed by atoms with E-state index in [0.717, 1.165) is 38.2 Å². The van der Waals surface area contributed by atoms with E-state index in [9.17, 15) is 0 Å². The van der Waals surface area contributed by atoms with Crippen molar-refractivity contribution < 1.29 is 4.74 Å². The fourth-order valence-electron chi connectivity index (χ4n) is 3.99. The molecule has 0 atom stereocenters. The number of ether oxygens (including phenoxy) is 1. The van der Waals surface area contributed by atoms with E-state index in [4.69, 9.17) is 16.3 Å². The molecule has 0 spiro atoms. The van der Waals surface area contributed by atoms with Gasteiger partial charge < -0.3 is 10.2 Å². The molecular formula is C29H23ClN2O. The Morgan fingerprint density at radius 1 is 0.697 bits per heavy atom. The molecule has 0 aliphatic carbocycles. The number of halogens is 1. The Balaban J connectivity index is 1.41. The van der Waals surface area contributed by atoms with Gasteiger partial charge in [0.2, 0.25) is 0 Å². The minimum absolute atomic E-state index is 0.480. The summed E-state index contributed by atoms with van der Waals surface area (Å²) >= 11 is 6.25. The monoisotopic (exact) mass is 450 g/mol. The Bertz CT molecular complexity index is 1440. The summed E-state index contributed by atoms with van der Waals surface area (Å²) in [5.41, 5.74) is 6.21. The summed E-state index contributed by atoms with van der Waals surface area (Å²) in [7, 11) is 0. The maximum atomic E-state index is 6.33. The molecule has 0 saturated heterocycles. The van der Waals surface area contributed by atoms with Crippen molar-refractivity contribution in [2.45, 2.75) is 13.2 Å². The lowest BCUT2D eigenvalue weighted by atomic mass is 10.0. The zero-order valence-corrected chi connectivity index (χ0v) is 18.8. The van der Waals surface area contributed by atoms with Gasteiger partial charge in [-0.1, -0.05) is 103 Å². The van der Waals surface area contributed by atoms with Crippen LogP contribution in [0, 0.1) is 0 Å². The molecule has 0 aromatic heterocycles. The first-order valence-electron chi connectivity index (χ1n) is 10.9. The van der Waals surface area contributed by atoms with Crippen LogP contribution in [-0.4, -0.2) is 6.21 Å². The van der Waals surface area contributed by atoms with Crippen LogP contribution in [-0.2, 0) is 13.2 Å². The summed E-state index contributed by atoms with van der Waals surface area (Å²) in [5, 5.41) is 9.86. The van der Waals surface area contributed by atoms with Gasteiger partial charge >= 0.3 is 0 Å². The topological polar surface area (TPSA) is 33.6 Å². The van der Waals surface area contributed by atoms with Crippen molar-refractivity contribution in [3.8, 4) is 5.75 Å². The first kappa shape index (κ1) is 21.0. The maximum absolute atomic E-state index is 6.33. The quantitative estimate of drug-likeness (QED) is 0.208.